The van der Waals surface area contributed by atoms with E-state index >= 15 is 0 Å². The third kappa shape index (κ3) is 4.36. The van der Waals surface area contributed by atoms with E-state index < -0.39 is 5.92 Å². The number of alkyl halides is 2. The van der Waals surface area contributed by atoms with Gasteiger partial charge in [-0.2, -0.15) is 0 Å². The van der Waals surface area contributed by atoms with E-state index in [0.29, 0.717) is 24.8 Å². The third-order valence-corrected chi connectivity index (χ3v) is 2.87. The molecule has 0 heterocycles. The molecule has 1 fully saturated rings. The zero-order chi connectivity index (χ0) is 10.6. The first-order valence-corrected chi connectivity index (χ1v) is 5.61. The molecular weight excluding hydrogens is 184 g/mol. The highest BCUT2D eigenvalue weighted by atomic mass is 19.3. The van der Waals surface area contributed by atoms with Crippen molar-refractivity contribution in [2.45, 2.75) is 57.9 Å². The van der Waals surface area contributed by atoms with Crippen LogP contribution in [0.2, 0.25) is 0 Å². The van der Waals surface area contributed by atoms with Crippen LogP contribution in [-0.2, 0) is 0 Å². The number of nitrogens with one attached hydrogen (secondary N) is 1. The van der Waals surface area contributed by atoms with E-state index in [0.717, 1.165) is 13.0 Å². The van der Waals surface area contributed by atoms with Crippen LogP contribution >= 0.6 is 0 Å². The van der Waals surface area contributed by atoms with Gasteiger partial charge in [0, 0.05) is 18.9 Å². The van der Waals surface area contributed by atoms with Gasteiger partial charge in [0.1, 0.15) is 0 Å². The van der Waals surface area contributed by atoms with Crippen molar-refractivity contribution in [1.82, 2.24) is 5.32 Å². The lowest BCUT2D eigenvalue weighted by Crippen LogP contribution is -2.37. The largest absolute Gasteiger partial charge is 0.314 e. The summed E-state index contributed by atoms with van der Waals surface area (Å²) in [7, 11) is 0. The van der Waals surface area contributed by atoms with Gasteiger partial charge in [-0.3, -0.25) is 0 Å². The Morgan fingerprint density at radius 3 is 2.36 bits per heavy atom. The van der Waals surface area contributed by atoms with Gasteiger partial charge in [0.15, 0.2) is 0 Å². The predicted octanol–water partition coefficient (Wildman–Crippen LogP) is 3.20. The molecule has 1 saturated carbocycles. The lowest BCUT2D eigenvalue weighted by atomic mass is 9.92. The molecule has 0 aromatic carbocycles. The molecule has 0 amide bonds. The Bertz CT molecular complexity index is 159. The molecule has 1 aliphatic rings. The monoisotopic (exact) mass is 205 g/mol. The first-order chi connectivity index (χ1) is 6.49. The molecule has 1 nitrogen and oxygen atoms in total. The molecule has 0 unspecified atom stereocenters. The quantitative estimate of drug-likeness (QED) is 0.743. The van der Waals surface area contributed by atoms with E-state index in [1.54, 1.807) is 0 Å². The van der Waals surface area contributed by atoms with Crippen LogP contribution in [0.15, 0.2) is 0 Å². The molecule has 1 aliphatic carbocycles. The van der Waals surface area contributed by atoms with Crippen molar-refractivity contribution in [3.8, 4) is 0 Å². The zero-order valence-electron chi connectivity index (χ0n) is 9.15. The average Bonchev–Trinajstić information content (AvgIpc) is 2.07. The molecule has 14 heavy (non-hydrogen) atoms. The molecule has 84 valence electrons. The van der Waals surface area contributed by atoms with Crippen LogP contribution in [0.3, 0.4) is 0 Å². The van der Waals surface area contributed by atoms with Crippen LogP contribution in [0.1, 0.15) is 46.0 Å². The molecule has 0 aromatic heterocycles. The van der Waals surface area contributed by atoms with Gasteiger partial charge in [-0.05, 0) is 31.7 Å². The van der Waals surface area contributed by atoms with Crippen molar-refractivity contribution in [3.63, 3.8) is 0 Å². The van der Waals surface area contributed by atoms with Crippen LogP contribution in [0.4, 0.5) is 8.78 Å². The summed E-state index contributed by atoms with van der Waals surface area (Å²) in [5.41, 5.74) is 0. The normalized spacial score (nSPS) is 22.9. The first-order valence-electron chi connectivity index (χ1n) is 5.61. The molecule has 0 radical (unpaired) electrons. The molecule has 1 rings (SSSR count). The van der Waals surface area contributed by atoms with Gasteiger partial charge < -0.3 is 5.32 Å². The number of halogens is 2. The Morgan fingerprint density at radius 1 is 1.29 bits per heavy atom. The third-order valence-electron chi connectivity index (χ3n) is 2.87. The SMILES string of the molecule is CC(C)CCNC1CCC(F)(F)CC1. The van der Waals surface area contributed by atoms with E-state index in [1.165, 1.54) is 0 Å². The van der Waals surface area contributed by atoms with Gasteiger partial charge in [-0.1, -0.05) is 13.8 Å². The van der Waals surface area contributed by atoms with Gasteiger partial charge in [-0.25, -0.2) is 8.78 Å². The Balaban J connectivity index is 2.10. The maximum absolute atomic E-state index is 12.8. The van der Waals surface area contributed by atoms with E-state index in [9.17, 15) is 8.78 Å². The van der Waals surface area contributed by atoms with Crippen LogP contribution in [0.25, 0.3) is 0 Å². The Morgan fingerprint density at radius 2 is 1.86 bits per heavy atom. The van der Waals surface area contributed by atoms with Gasteiger partial charge in [-0.15, -0.1) is 0 Å². The second kappa shape index (κ2) is 5.06. The van der Waals surface area contributed by atoms with Crippen molar-refractivity contribution in [2.75, 3.05) is 6.54 Å². The van der Waals surface area contributed by atoms with Crippen molar-refractivity contribution < 1.29 is 8.78 Å². The number of rotatable bonds is 4. The summed E-state index contributed by atoms with van der Waals surface area (Å²) in [6, 6.07) is 0.327. The van der Waals surface area contributed by atoms with E-state index in [4.69, 9.17) is 0 Å². The summed E-state index contributed by atoms with van der Waals surface area (Å²) in [6.07, 6.45) is 2.52. The van der Waals surface area contributed by atoms with Crippen LogP contribution in [0.5, 0.6) is 0 Å². The molecular formula is C11H21F2N. The summed E-state index contributed by atoms with van der Waals surface area (Å²) in [5.74, 6) is -1.71. The van der Waals surface area contributed by atoms with Crippen LogP contribution in [-0.4, -0.2) is 18.5 Å². The van der Waals surface area contributed by atoms with Crippen molar-refractivity contribution >= 4 is 0 Å². The van der Waals surface area contributed by atoms with E-state index in [-0.39, 0.29) is 12.8 Å². The lowest BCUT2D eigenvalue weighted by molar-refractivity contribution is -0.0404. The summed E-state index contributed by atoms with van der Waals surface area (Å²) in [4.78, 5) is 0. The van der Waals surface area contributed by atoms with Crippen LogP contribution < -0.4 is 5.32 Å². The smallest absolute Gasteiger partial charge is 0.248 e. The Labute approximate surface area is 85.3 Å². The fourth-order valence-electron chi connectivity index (χ4n) is 1.82. The fourth-order valence-corrected chi connectivity index (χ4v) is 1.82. The molecule has 0 atom stereocenters. The molecule has 1 N–H and O–H groups in total. The lowest BCUT2D eigenvalue weighted by Gasteiger charge is -2.29. The summed E-state index contributed by atoms with van der Waals surface area (Å²) >= 11 is 0. The van der Waals surface area contributed by atoms with Gasteiger partial charge >= 0.3 is 0 Å². The molecule has 0 bridgehead atoms. The topological polar surface area (TPSA) is 12.0 Å². The van der Waals surface area contributed by atoms with E-state index in [1.807, 2.05) is 0 Å². The van der Waals surface area contributed by atoms with Crippen molar-refractivity contribution in [1.29, 1.82) is 0 Å². The molecule has 0 spiro atoms. The molecule has 0 saturated heterocycles. The van der Waals surface area contributed by atoms with Gasteiger partial charge in [0.05, 0.1) is 0 Å². The highest BCUT2D eigenvalue weighted by molar-refractivity contribution is 4.81. The fraction of sp³-hybridized carbons (Fsp3) is 1.00. The average molecular weight is 205 g/mol. The maximum atomic E-state index is 12.8. The second-order valence-electron chi connectivity index (χ2n) is 4.77. The molecule has 0 aromatic rings. The Kier molecular flexibility index (Phi) is 4.30. The highest BCUT2D eigenvalue weighted by Crippen LogP contribution is 2.32. The number of hydrogen-bond acceptors (Lipinski definition) is 1. The van der Waals surface area contributed by atoms with Gasteiger partial charge in [0.2, 0.25) is 5.92 Å². The summed E-state index contributed by atoms with van der Waals surface area (Å²) in [6.45, 7) is 5.32. The zero-order valence-corrected chi connectivity index (χ0v) is 9.15. The predicted molar refractivity (Wildman–Crippen MR) is 54.7 cm³/mol. The summed E-state index contributed by atoms with van der Waals surface area (Å²) in [5, 5.41) is 3.36. The maximum Gasteiger partial charge on any atom is 0.248 e. The molecule has 0 aliphatic heterocycles. The standard InChI is InChI=1S/C11H21F2N/c1-9(2)5-8-14-10-3-6-11(12,13)7-4-10/h9-10,14H,3-8H2,1-2H3. The highest BCUT2D eigenvalue weighted by Gasteiger charge is 2.34. The van der Waals surface area contributed by atoms with Gasteiger partial charge in [0.25, 0.3) is 0 Å². The minimum atomic E-state index is -2.39. The first kappa shape index (κ1) is 11.9. The van der Waals surface area contributed by atoms with Crippen molar-refractivity contribution in [3.05, 3.63) is 0 Å². The number of hydrogen-bond donors (Lipinski definition) is 1. The summed E-state index contributed by atoms with van der Waals surface area (Å²) < 4.78 is 25.6. The van der Waals surface area contributed by atoms with Crippen LogP contribution in [0, 0.1) is 5.92 Å². The van der Waals surface area contributed by atoms with E-state index in [2.05, 4.69) is 19.2 Å². The minimum absolute atomic E-state index is 0.0619. The van der Waals surface area contributed by atoms with Crippen molar-refractivity contribution in [2.24, 2.45) is 5.92 Å². The molecule has 3 heteroatoms. The Hall–Kier alpha value is -0.180. The minimum Gasteiger partial charge on any atom is -0.314 e. The second-order valence-corrected chi connectivity index (χ2v) is 4.77.